The summed E-state index contributed by atoms with van der Waals surface area (Å²) < 4.78 is 10.2. The van der Waals surface area contributed by atoms with Gasteiger partial charge in [-0.05, 0) is 0 Å². The second kappa shape index (κ2) is 2.61. The third-order valence-electron chi connectivity index (χ3n) is 0.910. The van der Waals surface area contributed by atoms with Gasteiger partial charge in [-0.3, -0.25) is 0 Å². The van der Waals surface area contributed by atoms with Crippen LogP contribution in [0.4, 0.5) is 0 Å². The fourth-order valence-electron chi connectivity index (χ4n) is 0.414. The van der Waals surface area contributed by atoms with E-state index in [4.69, 9.17) is 9.16 Å². The smallest absolute Gasteiger partial charge is 0.139 e. The third-order valence-corrected chi connectivity index (χ3v) is 2.78. The van der Waals surface area contributed by atoms with Crippen LogP contribution in [-0.2, 0) is 9.16 Å². The zero-order valence-electron chi connectivity index (χ0n) is 4.52. The Morgan fingerprint density at radius 2 is 2.71 bits per heavy atom. The molecule has 0 aromatic heterocycles. The topological polar surface area (TPSA) is 21.8 Å². The van der Waals surface area contributed by atoms with E-state index in [1.807, 2.05) is 0 Å². The van der Waals surface area contributed by atoms with Crippen LogP contribution in [0.1, 0.15) is 0 Å². The van der Waals surface area contributed by atoms with Crippen molar-refractivity contribution in [2.24, 2.45) is 0 Å². The Morgan fingerprint density at radius 3 is 3.14 bits per heavy atom. The lowest BCUT2D eigenvalue weighted by Crippen LogP contribution is -2.04. The largest absolute Gasteiger partial charge is 0.426 e. The molecular weight excluding hydrogens is 124 g/mol. The van der Waals surface area contributed by atoms with Crippen molar-refractivity contribution < 1.29 is 9.16 Å². The Labute approximate surface area is 48.3 Å². The Hall–Kier alpha value is 0.354. The lowest BCUT2D eigenvalue weighted by atomic mass is 10.5. The second-order valence-corrected chi connectivity index (χ2v) is 4.33. The van der Waals surface area contributed by atoms with Crippen LogP contribution >= 0.6 is 0 Å². The minimum Gasteiger partial charge on any atom is -0.426 e. The molecule has 1 unspecified atom stereocenters. The van der Waals surface area contributed by atoms with Crippen molar-refractivity contribution in [2.75, 3.05) is 13.2 Å². The van der Waals surface area contributed by atoms with Gasteiger partial charge >= 0.3 is 0 Å². The van der Waals surface area contributed by atoms with E-state index in [2.05, 4.69) is 0 Å². The van der Waals surface area contributed by atoms with Gasteiger partial charge in [0.15, 0.2) is 0 Å². The quantitative estimate of drug-likeness (QED) is 0.322. The number of epoxide rings is 1. The van der Waals surface area contributed by atoms with Gasteiger partial charge in [0.1, 0.15) is 15.4 Å². The van der Waals surface area contributed by atoms with Gasteiger partial charge in [-0.1, -0.05) is 0 Å². The molecule has 1 aliphatic heterocycles. The van der Waals surface area contributed by atoms with Crippen LogP contribution in [0.2, 0.25) is 0 Å². The lowest BCUT2D eigenvalue weighted by molar-refractivity contribution is 0.278. The minimum atomic E-state index is -0.0299. The highest BCUT2D eigenvalue weighted by atomic mass is 29.1. The van der Waals surface area contributed by atoms with Gasteiger partial charge in [0, 0.05) is 9.76 Å². The van der Waals surface area contributed by atoms with Crippen LogP contribution in [-0.4, -0.2) is 38.4 Å². The zero-order valence-corrected chi connectivity index (χ0v) is 7.93. The van der Waals surface area contributed by atoms with Gasteiger partial charge in [0.25, 0.3) is 0 Å². The van der Waals surface area contributed by atoms with Crippen molar-refractivity contribution in [3.8, 4) is 0 Å². The molecule has 0 aliphatic carbocycles. The predicted octanol–water partition coefficient (Wildman–Crippen LogP) is -2.23. The van der Waals surface area contributed by atoms with Crippen molar-refractivity contribution >= 4 is 19.0 Å². The first-order chi connectivity index (χ1) is 3.43. The van der Waals surface area contributed by atoms with Crippen molar-refractivity contribution in [1.29, 1.82) is 0 Å². The summed E-state index contributed by atoms with van der Waals surface area (Å²) in [6, 6.07) is 0. The predicted molar refractivity (Wildman–Crippen MR) is 34.2 cm³/mol. The van der Waals surface area contributed by atoms with Crippen LogP contribution in [0.5, 0.6) is 0 Å². The first kappa shape index (κ1) is 5.49. The van der Waals surface area contributed by atoms with Gasteiger partial charge in [0.05, 0.1) is 13.2 Å². The van der Waals surface area contributed by atoms with Crippen molar-refractivity contribution in [1.82, 2.24) is 0 Å². The second-order valence-electron chi connectivity index (χ2n) is 1.61. The van der Waals surface area contributed by atoms with E-state index < -0.39 is 0 Å². The molecule has 1 atom stereocenters. The summed E-state index contributed by atoms with van der Waals surface area (Å²) in [5.74, 6) is 0. The highest BCUT2D eigenvalue weighted by Gasteiger charge is 2.21. The Bertz CT molecular complexity index is 54.9. The maximum absolute atomic E-state index is 5.23. The first-order valence-electron chi connectivity index (χ1n) is 2.63. The summed E-state index contributed by atoms with van der Waals surface area (Å²) in [5, 5.41) is 0. The molecule has 2 nitrogen and oxygen atoms in total. The number of ether oxygens (including phenoxy) is 1. The van der Waals surface area contributed by atoms with E-state index in [0.29, 0.717) is 6.10 Å². The first-order valence-corrected chi connectivity index (χ1v) is 8.86. The summed E-state index contributed by atoms with van der Waals surface area (Å²) in [5.41, 5.74) is 0. The molecule has 1 rings (SSSR count). The van der Waals surface area contributed by atoms with Crippen molar-refractivity contribution in [3.05, 3.63) is 0 Å². The molecule has 1 saturated heterocycles. The Kier molecular flexibility index (Phi) is 2.05. The zero-order chi connectivity index (χ0) is 5.11. The number of hydrogen-bond acceptors (Lipinski definition) is 2. The third kappa shape index (κ3) is 2.23. The van der Waals surface area contributed by atoms with E-state index >= 15 is 0 Å². The van der Waals surface area contributed by atoms with Crippen LogP contribution in [0.25, 0.3) is 0 Å². The highest BCUT2D eigenvalue weighted by molar-refractivity contribution is 6.85. The summed E-state index contributed by atoms with van der Waals surface area (Å²) in [6.07, 6.45) is 0.487. The molecule has 0 bridgehead atoms. The van der Waals surface area contributed by atoms with Crippen LogP contribution in [0.15, 0.2) is 0 Å². The Balaban J connectivity index is 1.80. The summed E-state index contributed by atoms with van der Waals surface area (Å²) in [6.45, 7) is 1.83. The molecule has 7 heavy (non-hydrogen) atoms. The summed E-state index contributed by atoms with van der Waals surface area (Å²) in [4.78, 5) is 0. The molecule has 0 amide bonds. The van der Waals surface area contributed by atoms with Gasteiger partial charge < -0.3 is 9.16 Å². The molecule has 0 spiro atoms. The van der Waals surface area contributed by atoms with E-state index in [-0.39, 0.29) is 9.28 Å². The molecule has 42 valence electrons. The van der Waals surface area contributed by atoms with Gasteiger partial charge in [0.2, 0.25) is 0 Å². The van der Waals surface area contributed by atoms with E-state index in [0.717, 1.165) is 13.2 Å². The van der Waals surface area contributed by atoms with Crippen LogP contribution in [0.3, 0.4) is 0 Å². The molecule has 0 N–H and O–H groups in total. The molecule has 0 radical (unpaired) electrons. The molecule has 1 fully saturated rings. The van der Waals surface area contributed by atoms with E-state index in [9.17, 15) is 0 Å². The molecular formula is C3H10O2Si2. The maximum Gasteiger partial charge on any atom is 0.139 e. The molecule has 0 saturated carbocycles. The van der Waals surface area contributed by atoms with Crippen LogP contribution < -0.4 is 0 Å². The Morgan fingerprint density at radius 1 is 2.00 bits per heavy atom. The molecule has 4 heteroatoms. The van der Waals surface area contributed by atoms with Gasteiger partial charge in [-0.25, -0.2) is 0 Å². The summed E-state index contributed by atoms with van der Waals surface area (Å²) in [7, 11) is 1.25. The monoisotopic (exact) mass is 134 g/mol. The normalized spacial score (nSPS) is 30.0. The molecule has 0 aromatic carbocycles. The standard InChI is InChI=1S/C3H10O2Si2/c6-7-5-2-3-1-4-3/h3H,1-2,7H2,6H3. The SMILES string of the molecule is [SiH3][SiH2]OCC1CO1. The molecule has 1 heterocycles. The average molecular weight is 134 g/mol. The fourth-order valence-corrected chi connectivity index (χ4v) is 1.62. The van der Waals surface area contributed by atoms with Crippen LogP contribution in [0, 0.1) is 0 Å². The van der Waals surface area contributed by atoms with E-state index in [1.54, 1.807) is 0 Å². The van der Waals surface area contributed by atoms with Crippen molar-refractivity contribution in [2.45, 2.75) is 6.10 Å². The molecule has 1 aliphatic rings. The minimum absolute atomic E-state index is 0.0299. The van der Waals surface area contributed by atoms with E-state index in [1.165, 1.54) is 9.76 Å². The lowest BCUT2D eigenvalue weighted by Gasteiger charge is -1.91. The number of hydrogen-bond donors (Lipinski definition) is 0. The van der Waals surface area contributed by atoms with Gasteiger partial charge in [-0.15, -0.1) is 0 Å². The fraction of sp³-hybridized carbons (Fsp3) is 1.00. The number of rotatable bonds is 3. The maximum atomic E-state index is 5.23. The molecule has 0 aromatic rings. The summed E-state index contributed by atoms with van der Waals surface area (Å²) >= 11 is 0. The van der Waals surface area contributed by atoms with Crippen molar-refractivity contribution in [3.63, 3.8) is 0 Å². The highest BCUT2D eigenvalue weighted by Crippen LogP contribution is 2.07. The van der Waals surface area contributed by atoms with Gasteiger partial charge in [-0.2, -0.15) is 0 Å². The average Bonchev–Trinajstić information content (AvgIpc) is 2.42.